The van der Waals surface area contributed by atoms with Crippen LogP contribution < -0.4 is 0 Å². The number of alkyl halides is 3. The lowest BCUT2D eigenvalue weighted by molar-refractivity contribution is -0.137. The molecule has 0 bridgehead atoms. The largest absolute Gasteiger partial charge is 0.416 e. The summed E-state index contributed by atoms with van der Waals surface area (Å²) < 4.78 is 39.6. The maximum Gasteiger partial charge on any atom is 0.416 e. The maximum atomic E-state index is 12.7. The fourth-order valence-corrected chi connectivity index (χ4v) is 2.14. The van der Waals surface area contributed by atoms with Gasteiger partial charge in [-0.1, -0.05) is 12.1 Å². The fourth-order valence-electron chi connectivity index (χ4n) is 2.14. The molecule has 0 spiro atoms. The Balaban J connectivity index is 2.31. The van der Waals surface area contributed by atoms with E-state index in [1.807, 2.05) is 0 Å². The summed E-state index contributed by atoms with van der Waals surface area (Å²) in [6.07, 6.45) is -4.35. The molecule has 0 unspecified atom stereocenters. The van der Waals surface area contributed by atoms with Crippen LogP contribution in [0.1, 0.15) is 28.1 Å². The smallest absolute Gasteiger partial charge is 0.392 e. The Morgan fingerprint density at radius 1 is 1.25 bits per heavy atom. The van der Waals surface area contributed by atoms with Crippen molar-refractivity contribution in [2.75, 3.05) is 0 Å². The zero-order chi connectivity index (χ0) is 14.9. The summed E-state index contributed by atoms with van der Waals surface area (Å²) in [5, 5.41) is 13.5. The Morgan fingerprint density at radius 3 is 2.50 bits per heavy atom. The molecule has 20 heavy (non-hydrogen) atoms. The molecule has 0 fully saturated rings. The second-order valence-electron chi connectivity index (χ2n) is 4.66. The van der Waals surface area contributed by atoms with E-state index in [0.29, 0.717) is 11.3 Å². The Labute approximate surface area is 114 Å². The first-order valence-electron chi connectivity index (χ1n) is 6.13. The van der Waals surface area contributed by atoms with Gasteiger partial charge in [-0.25, -0.2) is 0 Å². The van der Waals surface area contributed by atoms with Gasteiger partial charge in [-0.2, -0.15) is 18.3 Å². The van der Waals surface area contributed by atoms with Crippen LogP contribution in [-0.4, -0.2) is 14.9 Å². The van der Waals surface area contributed by atoms with E-state index in [2.05, 4.69) is 5.10 Å². The van der Waals surface area contributed by atoms with Gasteiger partial charge in [0.1, 0.15) is 0 Å². The van der Waals surface area contributed by atoms with Crippen LogP contribution in [0.3, 0.4) is 0 Å². The van der Waals surface area contributed by atoms with Gasteiger partial charge in [-0.05, 0) is 31.5 Å². The van der Waals surface area contributed by atoms with E-state index in [1.54, 1.807) is 24.6 Å². The molecule has 0 radical (unpaired) electrons. The van der Waals surface area contributed by atoms with Crippen molar-refractivity contribution in [2.24, 2.45) is 0 Å². The molecular formula is C14H15F3N2O. The number of aromatic nitrogens is 2. The van der Waals surface area contributed by atoms with Crippen LogP contribution >= 0.6 is 0 Å². The number of aliphatic hydroxyl groups is 1. The third-order valence-electron chi connectivity index (χ3n) is 3.28. The second-order valence-corrected chi connectivity index (χ2v) is 4.66. The topological polar surface area (TPSA) is 38.0 Å². The van der Waals surface area contributed by atoms with E-state index < -0.39 is 11.7 Å². The van der Waals surface area contributed by atoms with Crippen molar-refractivity contribution in [1.82, 2.24) is 9.78 Å². The van der Waals surface area contributed by atoms with Crippen LogP contribution in [0, 0.1) is 13.8 Å². The predicted octanol–water partition coefficient (Wildman–Crippen LogP) is 3.06. The van der Waals surface area contributed by atoms with E-state index in [4.69, 9.17) is 0 Å². The van der Waals surface area contributed by atoms with Crippen LogP contribution in [0.4, 0.5) is 13.2 Å². The first-order chi connectivity index (χ1) is 9.32. The third-order valence-corrected chi connectivity index (χ3v) is 3.28. The molecule has 108 valence electrons. The summed E-state index contributed by atoms with van der Waals surface area (Å²) in [7, 11) is 0. The van der Waals surface area contributed by atoms with Crippen molar-refractivity contribution in [3.63, 3.8) is 0 Å². The summed E-state index contributed by atoms with van der Waals surface area (Å²) in [5.74, 6) is 0. The summed E-state index contributed by atoms with van der Waals surface area (Å²) in [4.78, 5) is 0. The van der Waals surface area contributed by atoms with Crippen molar-refractivity contribution in [3.8, 4) is 0 Å². The van der Waals surface area contributed by atoms with E-state index in [0.717, 1.165) is 23.4 Å². The first kappa shape index (κ1) is 14.6. The number of rotatable bonds is 3. The van der Waals surface area contributed by atoms with Gasteiger partial charge >= 0.3 is 6.18 Å². The lowest BCUT2D eigenvalue weighted by Crippen LogP contribution is -2.08. The zero-order valence-corrected chi connectivity index (χ0v) is 11.2. The monoisotopic (exact) mass is 284 g/mol. The normalized spacial score (nSPS) is 11.9. The summed E-state index contributed by atoms with van der Waals surface area (Å²) in [6.45, 7) is 3.68. The number of hydrogen-bond donors (Lipinski definition) is 1. The maximum absolute atomic E-state index is 12.7. The van der Waals surface area contributed by atoms with Crippen LogP contribution in [0.2, 0.25) is 0 Å². The van der Waals surface area contributed by atoms with Crippen molar-refractivity contribution >= 4 is 0 Å². The van der Waals surface area contributed by atoms with Crippen molar-refractivity contribution in [3.05, 3.63) is 52.3 Å². The molecule has 1 aromatic heterocycles. The first-order valence-corrected chi connectivity index (χ1v) is 6.13. The van der Waals surface area contributed by atoms with Crippen LogP contribution in [-0.2, 0) is 19.3 Å². The predicted molar refractivity (Wildman–Crippen MR) is 68.2 cm³/mol. The Morgan fingerprint density at radius 2 is 1.95 bits per heavy atom. The van der Waals surface area contributed by atoms with Crippen LogP contribution in [0.25, 0.3) is 0 Å². The molecule has 3 nitrogen and oxygen atoms in total. The summed E-state index contributed by atoms with van der Waals surface area (Å²) in [5.41, 5.74) is 2.03. The minimum Gasteiger partial charge on any atom is -0.392 e. The molecule has 2 aromatic rings. The zero-order valence-electron chi connectivity index (χ0n) is 11.2. The van der Waals surface area contributed by atoms with Crippen molar-refractivity contribution in [1.29, 1.82) is 0 Å². The molecule has 0 saturated carbocycles. The average molecular weight is 284 g/mol. The Kier molecular flexibility index (Phi) is 3.85. The number of halogens is 3. The molecule has 0 atom stereocenters. The molecule has 2 rings (SSSR count). The number of hydrogen-bond acceptors (Lipinski definition) is 2. The molecular weight excluding hydrogens is 269 g/mol. The van der Waals surface area contributed by atoms with Gasteiger partial charge in [0.2, 0.25) is 0 Å². The highest BCUT2D eigenvalue weighted by Crippen LogP contribution is 2.29. The molecule has 0 aliphatic rings. The van der Waals surface area contributed by atoms with Gasteiger partial charge in [-0.3, -0.25) is 4.68 Å². The van der Waals surface area contributed by atoms with Crippen molar-refractivity contribution < 1.29 is 18.3 Å². The molecule has 1 heterocycles. The number of benzene rings is 1. The second kappa shape index (κ2) is 5.28. The molecule has 0 saturated heterocycles. The molecule has 1 N–H and O–H groups in total. The highest BCUT2D eigenvalue weighted by molar-refractivity contribution is 5.28. The SMILES string of the molecule is Cc1nn(Cc2cccc(C(F)(F)F)c2)c(C)c1CO. The molecule has 0 amide bonds. The highest BCUT2D eigenvalue weighted by Gasteiger charge is 2.30. The summed E-state index contributed by atoms with van der Waals surface area (Å²) in [6, 6.07) is 5.18. The number of nitrogens with zero attached hydrogens (tertiary/aromatic N) is 2. The van der Waals surface area contributed by atoms with E-state index in [-0.39, 0.29) is 13.2 Å². The van der Waals surface area contributed by atoms with Gasteiger partial charge < -0.3 is 5.11 Å². The van der Waals surface area contributed by atoms with Gasteiger partial charge in [0.25, 0.3) is 0 Å². The summed E-state index contributed by atoms with van der Waals surface area (Å²) >= 11 is 0. The van der Waals surface area contributed by atoms with Gasteiger partial charge in [0.15, 0.2) is 0 Å². The quantitative estimate of drug-likeness (QED) is 0.940. The minimum atomic E-state index is -4.35. The van der Waals surface area contributed by atoms with Crippen LogP contribution in [0.15, 0.2) is 24.3 Å². The number of aliphatic hydroxyl groups excluding tert-OH is 1. The van der Waals surface area contributed by atoms with Gasteiger partial charge in [-0.15, -0.1) is 0 Å². The molecule has 0 aliphatic heterocycles. The standard InChI is InChI=1S/C14H15F3N2O/c1-9-13(8-20)10(2)19(18-9)7-11-4-3-5-12(6-11)14(15,16)17/h3-6,20H,7-8H2,1-2H3. The van der Waals surface area contributed by atoms with Gasteiger partial charge in [0.05, 0.1) is 24.4 Å². The number of aryl methyl sites for hydroxylation is 1. The third kappa shape index (κ3) is 2.85. The Hall–Kier alpha value is -1.82. The molecule has 1 aromatic carbocycles. The lowest BCUT2D eigenvalue weighted by Gasteiger charge is -2.10. The average Bonchev–Trinajstić information content (AvgIpc) is 2.63. The lowest BCUT2D eigenvalue weighted by atomic mass is 10.1. The highest BCUT2D eigenvalue weighted by atomic mass is 19.4. The van der Waals surface area contributed by atoms with Crippen molar-refractivity contribution in [2.45, 2.75) is 33.2 Å². The molecule has 6 heteroatoms. The van der Waals surface area contributed by atoms with Gasteiger partial charge in [0, 0.05) is 11.3 Å². The van der Waals surface area contributed by atoms with E-state index >= 15 is 0 Å². The van der Waals surface area contributed by atoms with Crippen LogP contribution in [0.5, 0.6) is 0 Å². The van der Waals surface area contributed by atoms with E-state index in [1.165, 1.54) is 6.07 Å². The molecule has 0 aliphatic carbocycles. The Bertz CT molecular complexity index is 617. The fraction of sp³-hybridized carbons (Fsp3) is 0.357. The minimum absolute atomic E-state index is 0.125. The van der Waals surface area contributed by atoms with E-state index in [9.17, 15) is 18.3 Å².